The van der Waals surface area contributed by atoms with Crippen LogP contribution in [0.1, 0.15) is 31.1 Å². The molecule has 0 aliphatic carbocycles. The molecular weight excluding hydrogens is 612 g/mol. The summed E-state index contributed by atoms with van der Waals surface area (Å²) in [6.45, 7) is -2.14. The zero-order valence-corrected chi connectivity index (χ0v) is 22.4. The Morgan fingerprint density at radius 1 is 0.622 bits per heavy atom. The molecule has 1 aliphatic heterocycles. The molecule has 3 aromatic rings. The van der Waals surface area contributed by atoms with Gasteiger partial charge < -0.3 is 75.1 Å². The summed E-state index contributed by atoms with van der Waals surface area (Å²) in [5.41, 5.74) is -4.44. The van der Waals surface area contributed by atoms with Gasteiger partial charge in [0.05, 0.1) is 16.7 Å². The summed E-state index contributed by atoms with van der Waals surface area (Å²) in [7, 11) is 0. The molecule has 18 nitrogen and oxygen atoms in total. The summed E-state index contributed by atoms with van der Waals surface area (Å²) >= 11 is 0. The fourth-order valence-corrected chi connectivity index (χ4v) is 4.13. The van der Waals surface area contributed by atoms with Gasteiger partial charge in [-0.25, -0.2) is 14.4 Å². The Bertz CT molecular complexity index is 1600. The molecule has 1 aliphatic rings. The number of phenolic OH excluding ortho intramolecular Hbond substituents is 9. The van der Waals surface area contributed by atoms with Gasteiger partial charge in [0.25, 0.3) is 0 Å². The van der Waals surface area contributed by atoms with Crippen molar-refractivity contribution < 1.29 is 89.5 Å². The Hall–Kier alpha value is -5.85. The van der Waals surface area contributed by atoms with E-state index in [2.05, 4.69) is 0 Å². The molecule has 1 fully saturated rings. The Kier molecular flexibility index (Phi) is 8.58. The lowest BCUT2D eigenvalue weighted by Gasteiger charge is -2.30. The second kappa shape index (κ2) is 12.0. The van der Waals surface area contributed by atoms with E-state index in [4.69, 9.17) is 18.9 Å². The molecule has 1 saturated heterocycles. The molecule has 1 heterocycles. The summed E-state index contributed by atoms with van der Waals surface area (Å²) in [5.74, 6) is -12.3. The first-order valence-corrected chi connectivity index (χ1v) is 12.4. The molecule has 4 rings (SSSR count). The lowest BCUT2D eigenvalue weighted by molar-refractivity contribution is -0.191. The number of phenols is 9. The molecule has 0 bridgehead atoms. The van der Waals surface area contributed by atoms with E-state index in [-0.39, 0.29) is 0 Å². The fraction of sp³-hybridized carbons (Fsp3) is 0.222. The van der Waals surface area contributed by atoms with Gasteiger partial charge >= 0.3 is 17.9 Å². The molecular formula is C27H24O18. The number of hydrogen-bond donors (Lipinski definition) is 11. The van der Waals surface area contributed by atoms with Crippen molar-refractivity contribution in [1.29, 1.82) is 0 Å². The number of carbonyl (C=O) groups is 3. The van der Waals surface area contributed by atoms with E-state index in [1.807, 2.05) is 0 Å². The molecule has 240 valence electrons. The van der Waals surface area contributed by atoms with Crippen molar-refractivity contribution >= 4 is 17.9 Å². The highest BCUT2D eigenvalue weighted by molar-refractivity contribution is 5.92. The third-order valence-corrected chi connectivity index (χ3v) is 6.53. The van der Waals surface area contributed by atoms with E-state index < -0.39 is 124 Å². The second-order valence-corrected chi connectivity index (χ2v) is 9.61. The topological polar surface area (TPSA) is 311 Å². The highest BCUT2D eigenvalue weighted by atomic mass is 16.7. The maximum Gasteiger partial charge on any atom is 0.338 e. The summed E-state index contributed by atoms with van der Waals surface area (Å²) in [6, 6.07) is 4.21. The Morgan fingerprint density at radius 2 is 0.978 bits per heavy atom. The number of aliphatic hydroxyl groups is 2. The first-order chi connectivity index (χ1) is 21.0. The van der Waals surface area contributed by atoms with Crippen LogP contribution in [0.25, 0.3) is 0 Å². The molecule has 0 amide bonds. The minimum atomic E-state index is -2.83. The molecule has 18 heteroatoms. The average molecular weight is 636 g/mol. The van der Waals surface area contributed by atoms with Crippen molar-refractivity contribution in [3.05, 3.63) is 53.1 Å². The number of aromatic hydroxyl groups is 9. The molecule has 45 heavy (non-hydrogen) atoms. The predicted molar refractivity (Wildman–Crippen MR) is 140 cm³/mol. The molecule has 3 aromatic carbocycles. The summed E-state index contributed by atoms with van der Waals surface area (Å²) in [5, 5.41) is 109. The van der Waals surface area contributed by atoms with Gasteiger partial charge in [0.15, 0.2) is 69.7 Å². The Morgan fingerprint density at radius 3 is 1.38 bits per heavy atom. The predicted octanol–water partition coefficient (Wildman–Crippen LogP) is -0.275. The van der Waals surface area contributed by atoms with Crippen molar-refractivity contribution in [3.63, 3.8) is 0 Å². The molecule has 11 N–H and O–H groups in total. The van der Waals surface area contributed by atoms with Gasteiger partial charge in [-0.2, -0.15) is 0 Å². The van der Waals surface area contributed by atoms with Crippen molar-refractivity contribution in [2.45, 2.75) is 24.1 Å². The maximum atomic E-state index is 12.9. The number of ether oxygens (including phenoxy) is 4. The third kappa shape index (κ3) is 6.27. The van der Waals surface area contributed by atoms with E-state index in [0.717, 1.165) is 12.1 Å². The molecule has 0 saturated carbocycles. The number of rotatable bonds is 8. The summed E-state index contributed by atoms with van der Waals surface area (Å²) < 4.78 is 20.4. The van der Waals surface area contributed by atoms with Crippen LogP contribution in [-0.4, -0.2) is 111 Å². The van der Waals surface area contributed by atoms with Gasteiger partial charge in [-0.05, 0) is 36.4 Å². The van der Waals surface area contributed by atoms with Crippen LogP contribution in [-0.2, 0) is 18.9 Å². The van der Waals surface area contributed by atoms with E-state index >= 15 is 0 Å². The van der Waals surface area contributed by atoms with Crippen molar-refractivity contribution in [3.8, 4) is 51.7 Å². The van der Waals surface area contributed by atoms with E-state index in [9.17, 15) is 70.6 Å². The van der Waals surface area contributed by atoms with Crippen molar-refractivity contribution in [2.75, 3.05) is 13.2 Å². The zero-order chi connectivity index (χ0) is 33.4. The van der Waals surface area contributed by atoms with Gasteiger partial charge in [-0.15, -0.1) is 0 Å². The molecule has 0 radical (unpaired) electrons. The van der Waals surface area contributed by atoms with Crippen LogP contribution in [0.3, 0.4) is 0 Å². The number of benzene rings is 3. The number of aliphatic hydroxyl groups excluding tert-OH is 1. The fourth-order valence-electron chi connectivity index (χ4n) is 4.13. The standard InChI is InChI=1S/C27H24O18/c28-12-1-9(2-13(29)19(12)34)23(37)42-7-18-22(45-25(39)11-5-16(32)21(36)17(33)6-11)27(41,26(40)44-18)8-43-24(38)10-3-14(30)20(35)15(31)4-10/h1-6,18,22,26,28-36,40-41H,7-8H2/t18-,22-,26+,27-/m1/s1. The number of carbonyl (C=O) groups excluding carboxylic acids is 3. The van der Waals surface area contributed by atoms with Crippen LogP contribution in [0.15, 0.2) is 36.4 Å². The smallest absolute Gasteiger partial charge is 0.338 e. The second-order valence-electron chi connectivity index (χ2n) is 9.61. The Labute approximate surface area is 249 Å². The van der Waals surface area contributed by atoms with Crippen LogP contribution in [0.2, 0.25) is 0 Å². The van der Waals surface area contributed by atoms with E-state index in [1.165, 1.54) is 0 Å². The third-order valence-electron chi connectivity index (χ3n) is 6.53. The largest absolute Gasteiger partial charge is 0.504 e. The lowest BCUT2D eigenvalue weighted by Crippen LogP contribution is -2.54. The van der Waals surface area contributed by atoms with Crippen LogP contribution in [0.4, 0.5) is 0 Å². The van der Waals surface area contributed by atoms with Crippen LogP contribution < -0.4 is 0 Å². The maximum absolute atomic E-state index is 12.9. The van der Waals surface area contributed by atoms with Gasteiger partial charge in [0.1, 0.15) is 19.3 Å². The quantitative estimate of drug-likeness (QED) is 0.0860. The van der Waals surface area contributed by atoms with Crippen molar-refractivity contribution in [2.24, 2.45) is 0 Å². The lowest BCUT2D eigenvalue weighted by atomic mass is 9.95. The zero-order valence-electron chi connectivity index (χ0n) is 22.4. The molecule has 0 aromatic heterocycles. The minimum absolute atomic E-state index is 0.477. The monoisotopic (exact) mass is 636 g/mol. The van der Waals surface area contributed by atoms with Crippen LogP contribution >= 0.6 is 0 Å². The minimum Gasteiger partial charge on any atom is -0.504 e. The highest BCUT2D eigenvalue weighted by Crippen LogP contribution is 2.39. The summed E-state index contributed by atoms with van der Waals surface area (Å²) in [6.07, 6.45) is -6.13. The van der Waals surface area contributed by atoms with Crippen molar-refractivity contribution in [1.82, 2.24) is 0 Å². The average Bonchev–Trinajstić information content (AvgIpc) is 3.22. The number of esters is 3. The van der Waals surface area contributed by atoms with Crippen LogP contribution in [0, 0.1) is 0 Å². The van der Waals surface area contributed by atoms with Gasteiger partial charge in [0.2, 0.25) is 0 Å². The first-order valence-electron chi connectivity index (χ1n) is 12.4. The van der Waals surface area contributed by atoms with Gasteiger partial charge in [-0.1, -0.05) is 0 Å². The van der Waals surface area contributed by atoms with E-state index in [0.29, 0.717) is 24.3 Å². The Balaban J connectivity index is 1.60. The molecule has 4 atom stereocenters. The van der Waals surface area contributed by atoms with E-state index in [1.54, 1.807) is 0 Å². The van der Waals surface area contributed by atoms with Gasteiger partial charge in [0, 0.05) is 0 Å². The van der Waals surface area contributed by atoms with Gasteiger partial charge in [-0.3, -0.25) is 0 Å². The normalized spacial score (nSPS) is 20.8. The highest BCUT2D eigenvalue weighted by Gasteiger charge is 2.59. The van der Waals surface area contributed by atoms with Crippen LogP contribution in [0.5, 0.6) is 51.7 Å². The molecule has 0 spiro atoms. The number of hydrogen-bond acceptors (Lipinski definition) is 18. The summed E-state index contributed by atoms with van der Waals surface area (Å²) in [4.78, 5) is 38.1. The molecule has 0 unspecified atom stereocenters. The SMILES string of the molecule is O=C(OC[C@H]1O[C@H](O)[C@@](O)(COC(=O)c2cc(O)c(O)c(O)c2)[C@@H]1OC(=O)c1cc(O)c(O)c(O)c1)c1cc(O)c(O)c(O)c1. The first kappa shape index (κ1) is 32.1.